The average molecular weight is 851 g/mol. The fraction of sp³-hybridized carbons (Fsp3) is 0.194. The predicted octanol–water partition coefficient (Wildman–Crippen LogP) is 16.1. The largest absolute Gasteiger partial charge is 0.456 e. The van der Waals surface area contributed by atoms with Crippen LogP contribution < -0.4 is 15.8 Å². The molecular weight excluding hydrogens is 800 g/mol. The van der Waals surface area contributed by atoms with Crippen LogP contribution in [-0.2, 0) is 16.2 Å². The molecule has 0 N–H and O–H groups in total. The van der Waals surface area contributed by atoms with Gasteiger partial charge in [-0.3, -0.25) is 0 Å². The molecule has 318 valence electrons. The van der Waals surface area contributed by atoms with Crippen LogP contribution in [-0.4, -0.2) is 11.3 Å². The SMILES string of the molecule is CC(C)(C)c1cc2ccc3c4c5c(c6ccc(c1)c2c36)N(c1cccc2oc3ccccc3c12)c1cc2ccccc2cc1B5n1c2ccc(C(C)(C)C)cc2c2cc(C(C)(C)C)cc-4c21. The Kier molecular flexibility index (Phi) is 7.21. The minimum Gasteiger partial charge on any atom is -0.456 e. The molecule has 2 aliphatic rings. The standard InChI is InChI=1S/C62H51BN2O/c1-60(2,3)38-23-26-48-44(31-38)45-32-40(62(7,8)9)33-46-55-42-24-21-36-27-39(61(4,5)6)28-37-22-25-43(54(42)53(36)37)59-57(55)63(65(48)58(45)46)47-29-34-15-10-11-16-35(34)30-50(47)64(59)49-18-14-20-52-56(49)41-17-12-13-19-51(41)66-52/h10-33H,1-9H3. The monoisotopic (exact) mass is 850 g/mol. The second-order valence-electron chi connectivity index (χ2n) is 22.6. The van der Waals surface area contributed by atoms with Crippen molar-refractivity contribution in [2.24, 2.45) is 0 Å². The summed E-state index contributed by atoms with van der Waals surface area (Å²) in [5.41, 5.74) is 17.3. The smallest absolute Gasteiger partial charge is 0.333 e. The third-order valence-corrected chi connectivity index (χ3v) is 15.5. The lowest BCUT2D eigenvalue weighted by Crippen LogP contribution is -2.56. The van der Waals surface area contributed by atoms with Gasteiger partial charge in [0.25, 0.3) is 0 Å². The molecule has 0 atom stereocenters. The Bertz CT molecular complexity index is 4100. The number of hydrogen-bond donors (Lipinski definition) is 0. The van der Waals surface area contributed by atoms with Gasteiger partial charge in [0.2, 0.25) is 0 Å². The van der Waals surface area contributed by atoms with E-state index in [-0.39, 0.29) is 23.1 Å². The van der Waals surface area contributed by atoms with Gasteiger partial charge in [0, 0.05) is 49.2 Å². The van der Waals surface area contributed by atoms with Crippen LogP contribution in [0.25, 0.3) is 98.0 Å². The molecule has 0 fully saturated rings. The Labute approximate surface area is 385 Å². The number of hydrogen-bond acceptors (Lipinski definition) is 2. The van der Waals surface area contributed by atoms with E-state index in [4.69, 9.17) is 4.42 Å². The third-order valence-electron chi connectivity index (χ3n) is 15.5. The van der Waals surface area contributed by atoms with E-state index in [1.54, 1.807) is 0 Å². The van der Waals surface area contributed by atoms with E-state index in [0.29, 0.717) is 0 Å². The van der Waals surface area contributed by atoms with E-state index in [1.807, 2.05) is 0 Å². The van der Waals surface area contributed by atoms with E-state index < -0.39 is 0 Å². The van der Waals surface area contributed by atoms with Gasteiger partial charge in [0.05, 0.1) is 16.8 Å². The highest BCUT2D eigenvalue weighted by Crippen LogP contribution is 2.54. The number of para-hydroxylation sites is 1. The summed E-state index contributed by atoms with van der Waals surface area (Å²) >= 11 is 0. The van der Waals surface area contributed by atoms with E-state index in [0.717, 1.165) is 27.6 Å². The van der Waals surface area contributed by atoms with Crippen molar-refractivity contribution in [2.75, 3.05) is 4.90 Å². The number of anilines is 3. The molecule has 0 unspecified atom stereocenters. The van der Waals surface area contributed by atoms with Crippen molar-refractivity contribution < 1.29 is 4.42 Å². The summed E-state index contributed by atoms with van der Waals surface area (Å²) in [5.74, 6) is 0. The van der Waals surface area contributed by atoms with Crippen molar-refractivity contribution in [1.29, 1.82) is 0 Å². The highest BCUT2D eigenvalue weighted by molar-refractivity contribution is 6.91. The van der Waals surface area contributed by atoms with E-state index >= 15 is 0 Å². The first-order valence-electron chi connectivity index (χ1n) is 23.8. The van der Waals surface area contributed by atoms with Crippen LogP contribution in [0.2, 0.25) is 0 Å². The second kappa shape index (κ2) is 12.4. The summed E-state index contributed by atoms with van der Waals surface area (Å²) in [6.07, 6.45) is 0. The van der Waals surface area contributed by atoms with Crippen molar-refractivity contribution in [3.05, 3.63) is 162 Å². The Morgan fingerprint density at radius 1 is 0.439 bits per heavy atom. The van der Waals surface area contributed by atoms with Gasteiger partial charge in [-0.15, -0.1) is 0 Å². The number of benzene rings is 10. The van der Waals surface area contributed by atoms with Crippen LogP contribution in [0.1, 0.15) is 79.0 Å². The quantitative estimate of drug-likeness (QED) is 0.121. The van der Waals surface area contributed by atoms with Crippen LogP contribution in [0.15, 0.2) is 150 Å². The number of rotatable bonds is 1. The lowest BCUT2D eigenvalue weighted by Gasteiger charge is -2.42. The average Bonchev–Trinajstić information content (AvgIpc) is 3.84. The second-order valence-corrected chi connectivity index (χ2v) is 22.6. The van der Waals surface area contributed by atoms with Gasteiger partial charge in [0.1, 0.15) is 11.2 Å². The molecule has 0 amide bonds. The normalized spacial score (nSPS) is 14.1. The van der Waals surface area contributed by atoms with Gasteiger partial charge in [-0.25, -0.2) is 0 Å². The topological polar surface area (TPSA) is 21.3 Å². The highest BCUT2D eigenvalue weighted by Gasteiger charge is 2.46. The summed E-state index contributed by atoms with van der Waals surface area (Å²) in [4.78, 5) is 2.65. The zero-order chi connectivity index (χ0) is 44.9. The Morgan fingerprint density at radius 2 is 1.09 bits per heavy atom. The van der Waals surface area contributed by atoms with Crippen LogP contribution in [0.5, 0.6) is 0 Å². The van der Waals surface area contributed by atoms with Crippen molar-refractivity contribution >= 4 is 122 Å². The molecule has 2 aliphatic heterocycles. The molecule has 0 radical (unpaired) electrons. The first-order valence-corrected chi connectivity index (χ1v) is 23.8. The highest BCUT2D eigenvalue weighted by atomic mass is 16.3. The third kappa shape index (κ3) is 4.94. The maximum absolute atomic E-state index is 6.70. The lowest BCUT2D eigenvalue weighted by molar-refractivity contribution is 0.590. The van der Waals surface area contributed by atoms with Crippen LogP contribution in [0.4, 0.5) is 17.1 Å². The summed E-state index contributed by atoms with van der Waals surface area (Å²) < 4.78 is 9.44. The molecule has 0 saturated carbocycles. The van der Waals surface area contributed by atoms with Gasteiger partial charge in [-0.1, -0.05) is 159 Å². The van der Waals surface area contributed by atoms with Gasteiger partial charge >= 0.3 is 6.85 Å². The fourth-order valence-corrected chi connectivity index (χ4v) is 12.1. The number of aromatic nitrogens is 1. The molecule has 14 rings (SSSR count). The van der Waals surface area contributed by atoms with Gasteiger partial charge < -0.3 is 13.8 Å². The Balaban J connectivity index is 1.25. The Hall–Kier alpha value is -7.04. The van der Waals surface area contributed by atoms with Crippen LogP contribution >= 0.6 is 0 Å². The van der Waals surface area contributed by atoms with Crippen molar-refractivity contribution in [1.82, 2.24) is 4.48 Å². The van der Waals surface area contributed by atoms with E-state index in [1.165, 1.54) is 115 Å². The van der Waals surface area contributed by atoms with Crippen molar-refractivity contribution in [3.63, 3.8) is 0 Å². The summed E-state index contributed by atoms with van der Waals surface area (Å²) in [6, 6.07) is 56.2. The summed E-state index contributed by atoms with van der Waals surface area (Å²) in [6.45, 7) is 21.0. The molecule has 0 spiro atoms. The van der Waals surface area contributed by atoms with Gasteiger partial charge in [0.15, 0.2) is 0 Å². The molecule has 12 aromatic rings. The maximum atomic E-state index is 6.70. The molecule has 66 heavy (non-hydrogen) atoms. The van der Waals surface area contributed by atoms with Gasteiger partial charge in [-0.05, 0) is 130 Å². The molecule has 3 nitrogen and oxygen atoms in total. The molecule has 2 aromatic heterocycles. The molecule has 0 bridgehead atoms. The fourth-order valence-electron chi connectivity index (χ4n) is 12.1. The number of nitrogens with zero attached hydrogens (tertiary/aromatic N) is 2. The Morgan fingerprint density at radius 3 is 1.83 bits per heavy atom. The molecule has 0 saturated heterocycles. The zero-order valence-electron chi connectivity index (χ0n) is 39.2. The first kappa shape index (κ1) is 38.3. The lowest BCUT2D eigenvalue weighted by atomic mass is 9.44. The maximum Gasteiger partial charge on any atom is 0.333 e. The summed E-state index contributed by atoms with van der Waals surface area (Å²) in [7, 11) is 0. The van der Waals surface area contributed by atoms with E-state index in [2.05, 4.69) is 217 Å². The van der Waals surface area contributed by atoms with Crippen molar-refractivity contribution in [2.45, 2.75) is 78.6 Å². The van der Waals surface area contributed by atoms with Crippen LogP contribution in [0.3, 0.4) is 0 Å². The minimum absolute atomic E-state index is 0.00314. The first-order chi connectivity index (χ1) is 31.6. The van der Waals surface area contributed by atoms with Gasteiger partial charge in [-0.2, -0.15) is 0 Å². The molecule has 4 heterocycles. The number of furan rings is 1. The molecule has 4 heteroatoms. The molecule has 10 aromatic carbocycles. The number of fused-ring (bicyclic) bond motifs is 13. The summed E-state index contributed by atoms with van der Waals surface area (Å²) in [5, 5.41) is 15.3. The predicted molar refractivity (Wildman–Crippen MR) is 285 cm³/mol. The molecule has 0 aliphatic carbocycles. The van der Waals surface area contributed by atoms with Crippen molar-refractivity contribution in [3.8, 4) is 11.1 Å². The molecular formula is C62H51BN2O. The van der Waals surface area contributed by atoms with Crippen LogP contribution in [0, 0.1) is 0 Å². The zero-order valence-corrected chi connectivity index (χ0v) is 39.2. The van der Waals surface area contributed by atoms with E-state index in [9.17, 15) is 0 Å². The minimum atomic E-state index is -0.103.